The second kappa shape index (κ2) is 7.08. The molecule has 0 atom stereocenters. The highest BCUT2D eigenvalue weighted by atomic mass is 35.5. The number of aromatic nitrogens is 3. The van der Waals surface area contributed by atoms with E-state index in [2.05, 4.69) is 20.7 Å². The van der Waals surface area contributed by atoms with Crippen molar-refractivity contribution < 1.29 is 4.79 Å². The molecular weight excluding hydrogens is 290 g/mol. The van der Waals surface area contributed by atoms with Gasteiger partial charge in [0.2, 0.25) is 0 Å². The molecule has 21 heavy (non-hydrogen) atoms. The third-order valence-electron chi connectivity index (χ3n) is 2.85. The summed E-state index contributed by atoms with van der Waals surface area (Å²) in [6.07, 6.45) is 2.56. The third kappa shape index (κ3) is 4.46. The number of halogens is 1. The second-order valence-electron chi connectivity index (χ2n) is 4.58. The molecule has 0 unspecified atom stereocenters. The zero-order valence-corrected chi connectivity index (χ0v) is 12.8. The monoisotopic (exact) mass is 307 g/mol. The first-order valence-electron chi connectivity index (χ1n) is 6.76. The molecule has 0 saturated heterocycles. The van der Waals surface area contributed by atoms with Gasteiger partial charge in [0.15, 0.2) is 0 Å². The molecule has 2 aromatic rings. The van der Waals surface area contributed by atoms with Crippen molar-refractivity contribution in [3.05, 3.63) is 40.8 Å². The van der Waals surface area contributed by atoms with E-state index in [-0.39, 0.29) is 5.91 Å². The number of anilines is 1. The molecule has 112 valence electrons. The van der Waals surface area contributed by atoms with E-state index in [1.54, 1.807) is 16.8 Å². The lowest BCUT2D eigenvalue weighted by Crippen LogP contribution is -2.26. The summed E-state index contributed by atoms with van der Waals surface area (Å²) in [5.74, 6) is 0.425. The summed E-state index contributed by atoms with van der Waals surface area (Å²) in [4.78, 5) is 16.2. The Morgan fingerprint density at radius 1 is 1.43 bits per heavy atom. The quantitative estimate of drug-likeness (QED) is 0.799. The number of carbonyl (C=O) groups excluding carboxylic acids is 1. The van der Waals surface area contributed by atoms with Crippen molar-refractivity contribution in [1.29, 1.82) is 0 Å². The predicted molar refractivity (Wildman–Crippen MR) is 82.7 cm³/mol. The summed E-state index contributed by atoms with van der Waals surface area (Å²) in [5.41, 5.74) is 1.44. The van der Waals surface area contributed by atoms with Gasteiger partial charge < -0.3 is 10.6 Å². The number of carbonyl (C=O) groups is 1. The number of pyridine rings is 1. The van der Waals surface area contributed by atoms with Crippen molar-refractivity contribution in [2.24, 2.45) is 7.05 Å². The van der Waals surface area contributed by atoms with Gasteiger partial charge in [0.1, 0.15) is 11.0 Å². The molecule has 7 heteroatoms. The zero-order chi connectivity index (χ0) is 15.2. The van der Waals surface area contributed by atoms with Crippen molar-refractivity contribution in [1.82, 2.24) is 20.1 Å². The number of nitrogens with zero attached hydrogens (tertiary/aromatic N) is 3. The van der Waals surface area contributed by atoms with Crippen LogP contribution in [0.4, 0.5) is 5.82 Å². The van der Waals surface area contributed by atoms with Crippen LogP contribution in [-0.4, -0.2) is 33.8 Å². The SMILES string of the molecule is CCNc1cc(C(=O)NCCc2ccn(C)n2)cc(Cl)n1. The molecule has 6 nitrogen and oxygen atoms in total. The lowest BCUT2D eigenvalue weighted by atomic mass is 10.2. The van der Waals surface area contributed by atoms with E-state index in [9.17, 15) is 4.79 Å². The molecule has 0 spiro atoms. The number of hydrogen-bond acceptors (Lipinski definition) is 4. The Labute approximate surface area is 128 Å². The van der Waals surface area contributed by atoms with E-state index in [1.807, 2.05) is 26.2 Å². The van der Waals surface area contributed by atoms with Gasteiger partial charge in [-0.3, -0.25) is 9.48 Å². The predicted octanol–water partition coefficient (Wildman–Crippen LogP) is 1.87. The van der Waals surface area contributed by atoms with Gasteiger partial charge in [0.25, 0.3) is 5.91 Å². The molecule has 0 aliphatic carbocycles. The van der Waals surface area contributed by atoms with Gasteiger partial charge in [0.05, 0.1) is 5.69 Å². The van der Waals surface area contributed by atoms with Crippen LogP contribution in [0.15, 0.2) is 24.4 Å². The van der Waals surface area contributed by atoms with E-state index >= 15 is 0 Å². The molecule has 0 radical (unpaired) electrons. The van der Waals surface area contributed by atoms with Crippen LogP contribution >= 0.6 is 11.6 Å². The normalized spacial score (nSPS) is 10.4. The van der Waals surface area contributed by atoms with Crippen molar-refractivity contribution in [2.45, 2.75) is 13.3 Å². The van der Waals surface area contributed by atoms with Crippen LogP contribution in [0.3, 0.4) is 0 Å². The Morgan fingerprint density at radius 2 is 2.24 bits per heavy atom. The van der Waals surface area contributed by atoms with Crippen LogP contribution in [0.5, 0.6) is 0 Å². The Balaban J connectivity index is 1.93. The van der Waals surface area contributed by atoms with Gasteiger partial charge in [-0.05, 0) is 25.1 Å². The summed E-state index contributed by atoms with van der Waals surface area (Å²) in [5, 5.41) is 10.4. The van der Waals surface area contributed by atoms with E-state index < -0.39 is 0 Å². The molecule has 0 aliphatic heterocycles. The first-order chi connectivity index (χ1) is 10.1. The molecule has 0 bridgehead atoms. The number of amides is 1. The number of rotatable bonds is 6. The van der Waals surface area contributed by atoms with Crippen molar-refractivity contribution in [3.63, 3.8) is 0 Å². The minimum atomic E-state index is -0.172. The van der Waals surface area contributed by atoms with Gasteiger partial charge in [0, 0.05) is 38.3 Å². The van der Waals surface area contributed by atoms with Crippen molar-refractivity contribution in [2.75, 3.05) is 18.4 Å². The number of aryl methyl sites for hydroxylation is 1. The highest BCUT2D eigenvalue weighted by Gasteiger charge is 2.09. The van der Waals surface area contributed by atoms with E-state index in [1.165, 1.54) is 0 Å². The number of hydrogen-bond donors (Lipinski definition) is 2. The molecule has 2 rings (SSSR count). The molecule has 0 fully saturated rings. The zero-order valence-electron chi connectivity index (χ0n) is 12.1. The Hall–Kier alpha value is -2.08. The largest absolute Gasteiger partial charge is 0.370 e. The maximum atomic E-state index is 12.1. The van der Waals surface area contributed by atoms with E-state index in [0.29, 0.717) is 36.0 Å². The lowest BCUT2D eigenvalue weighted by molar-refractivity contribution is 0.0954. The molecular formula is C14H18ClN5O. The van der Waals surface area contributed by atoms with Gasteiger partial charge in [-0.25, -0.2) is 4.98 Å². The fraction of sp³-hybridized carbons (Fsp3) is 0.357. The fourth-order valence-corrected chi connectivity index (χ4v) is 2.11. The Bertz CT molecular complexity index is 626. The van der Waals surface area contributed by atoms with Gasteiger partial charge in [-0.2, -0.15) is 5.10 Å². The maximum Gasteiger partial charge on any atom is 0.251 e. The van der Waals surface area contributed by atoms with Crippen molar-refractivity contribution in [3.8, 4) is 0 Å². The molecule has 0 aliphatic rings. The average Bonchev–Trinajstić information content (AvgIpc) is 2.84. The minimum Gasteiger partial charge on any atom is -0.370 e. The molecule has 0 aromatic carbocycles. The third-order valence-corrected chi connectivity index (χ3v) is 3.04. The van der Waals surface area contributed by atoms with E-state index in [4.69, 9.17) is 11.6 Å². The summed E-state index contributed by atoms with van der Waals surface area (Å²) in [7, 11) is 1.86. The molecule has 1 amide bonds. The minimum absolute atomic E-state index is 0.172. The topological polar surface area (TPSA) is 71.8 Å². The van der Waals surface area contributed by atoms with E-state index in [0.717, 1.165) is 5.69 Å². The highest BCUT2D eigenvalue weighted by Crippen LogP contribution is 2.14. The molecule has 2 aromatic heterocycles. The second-order valence-corrected chi connectivity index (χ2v) is 4.97. The van der Waals surface area contributed by atoms with Gasteiger partial charge >= 0.3 is 0 Å². The summed E-state index contributed by atoms with van der Waals surface area (Å²) in [6, 6.07) is 5.17. The lowest BCUT2D eigenvalue weighted by Gasteiger charge is -2.07. The van der Waals surface area contributed by atoms with Crippen LogP contribution in [-0.2, 0) is 13.5 Å². The summed E-state index contributed by atoms with van der Waals surface area (Å²) < 4.78 is 1.74. The first-order valence-corrected chi connectivity index (χ1v) is 7.14. The molecule has 2 heterocycles. The van der Waals surface area contributed by atoms with Gasteiger partial charge in [-0.15, -0.1) is 0 Å². The molecule has 2 N–H and O–H groups in total. The Morgan fingerprint density at radius 3 is 2.90 bits per heavy atom. The summed E-state index contributed by atoms with van der Waals surface area (Å²) in [6.45, 7) is 3.19. The van der Waals surface area contributed by atoms with Crippen LogP contribution in [0.25, 0.3) is 0 Å². The summed E-state index contributed by atoms with van der Waals surface area (Å²) >= 11 is 5.92. The number of nitrogens with one attached hydrogen (secondary N) is 2. The molecule has 0 saturated carbocycles. The standard InChI is InChI=1S/C14H18ClN5O/c1-3-16-13-9-10(8-12(15)18-13)14(21)17-6-4-11-5-7-20(2)19-11/h5,7-9H,3-4,6H2,1-2H3,(H,16,18)(H,17,21). The maximum absolute atomic E-state index is 12.1. The average molecular weight is 308 g/mol. The smallest absolute Gasteiger partial charge is 0.251 e. The Kier molecular flexibility index (Phi) is 5.16. The van der Waals surface area contributed by atoms with Crippen LogP contribution < -0.4 is 10.6 Å². The van der Waals surface area contributed by atoms with Crippen LogP contribution in [0.1, 0.15) is 23.0 Å². The fourth-order valence-electron chi connectivity index (χ4n) is 1.90. The van der Waals surface area contributed by atoms with Crippen molar-refractivity contribution >= 4 is 23.3 Å². The first kappa shape index (κ1) is 15.3. The van der Waals surface area contributed by atoms with Gasteiger partial charge in [-0.1, -0.05) is 11.6 Å². The van der Waals surface area contributed by atoms with Crippen LogP contribution in [0, 0.1) is 0 Å². The highest BCUT2D eigenvalue weighted by molar-refractivity contribution is 6.29. The van der Waals surface area contributed by atoms with Crippen LogP contribution in [0.2, 0.25) is 5.15 Å².